The van der Waals surface area contributed by atoms with E-state index in [1.165, 1.54) is 7.11 Å². The minimum atomic E-state index is -3.93. The fraction of sp³-hybridized carbons (Fsp3) is 0.800. The summed E-state index contributed by atoms with van der Waals surface area (Å²) in [5.74, 6) is -3.86. The number of methoxy groups -OCH3 is 1. The second-order valence-electron chi connectivity index (χ2n) is 6.99. The van der Waals surface area contributed by atoms with E-state index in [-0.39, 0.29) is 0 Å². The number of ether oxygens (including phenoxy) is 3. The highest BCUT2D eigenvalue weighted by Gasteiger charge is 2.72. The Kier molecular flexibility index (Phi) is 6.01. The number of rotatable bonds is 6. The van der Waals surface area contributed by atoms with E-state index in [0.717, 1.165) is 0 Å². The Bertz CT molecular complexity index is 765. The number of hydrogen-bond acceptors (Lipinski definition) is 9. The molecule has 3 aliphatic rings. The van der Waals surface area contributed by atoms with Gasteiger partial charge in [0.05, 0.1) is 13.0 Å². The minimum absolute atomic E-state index is 0.396. The predicted octanol–water partition coefficient (Wildman–Crippen LogP) is 0.606. The van der Waals surface area contributed by atoms with Gasteiger partial charge in [-0.05, 0) is 13.3 Å². The van der Waals surface area contributed by atoms with Crippen molar-refractivity contribution in [3.05, 3.63) is 0 Å². The topological polar surface area (TPSA) is 122 Å². The summed E-state index contributed by atoms with van der Waals surface area (Å²) in [6.07, 6.45) is -1.31. The fourth-order valence-electron chi connectivity index (χ4n) is 4.11. The molecule has 7 unspecified atom stereocenters. The van der Waals surface area contributed by atoms with Gasteiger partial charge in [-0.1, -0.05) is 45.2 Å². The lowest BCUT2D eigenvalue weighted by atomic mass is 9.84. The summed E-state index contributed by atoms with van der Waals surface area (Å²) in [5.41, 5.74) is 0. The van der Waals surface area contributed by atoms with Gasteiger partial charge in [0.1, 0.15) is 20.9 Å². The summed E-state index contributed by atoms with van der Waals surface area (Å²) in [7, 11) is -2.75. The summed E-state index contributed by atoms with van der Waals surface area (Å²) in [6.45, 7) is 1.09. The molecule has 152 valence electrons. The highest BCUT2D eigenvalue weighted by atomic mass is 127. The molecule has 12 heteroatoms. The van der Waals surface area contributed by atoms with E-state index in [2.05, 4.69) is 0 Å². The molecule has 2 saturated carbocycles. The Labute approximate surface area is 183 Å². The Morgan fingerprint density at radius 3 is 2.52 bits per heavy atom. The maximum absolute atomic E-state index is 12.3. The molecule has 1 saturated heterocycles. The predicted molar refractivity (Wildman–Crippen MR) is 107 cm³/mol. The molecule has 0 spiro atoms. The molecule has 0 aromatic heterocycles. The molecule has 27 heavy (non-hydrogen) atoms. The van der Waals surface area contributed by atoms with Crippen LogP contribution in [0.2, 0.25) is 0 Å². The molecule has 1 aliphatic heterocycles. The van der Waals surface area contributed by atoms with Crippen LogP contribution in [0.25, 0.3) is 0 Å². The van der Waals surface area contributed by atoms with E-state index in [1.807, 2.05) is 45.2 Å². The second kappa shape index (κ2) is 7.55. The molecule has 0 N–H and O–H groups in total. The van der Waals surface area contributed by atoms with Crippen molar-refractivity contribution in [1.29, 1.82) is 0 Å². The van der Waals surface area contributed by atoms with Gasteiger partial charge < -0.3 is 14.2 Å². The third-order valence-electron chi connectivity index (χ3n) is 5.27. The van der Waals surface area contributed by atoms with Gasteiger partial charge in [-0.15, -0.1) is 0 Å². The number of esters is 3. The first-order valence-corrected chi connectivity index (χ1v) is 12.2. The van der Waals surface area contributed by atoms with Gasteiger partial charge >= 0.3 is 17.9 Å². The monoisotopic (exact) mass is 628 g/mol. The van der Waals surface area contributed by atoms with Crippen LogP contribution in [-0.4, -0.2) is 65.3 Å². The quantitative estimate of drug-likeness (QED) is 0.137. The van der Waals surface area contributed by atoms with Crippen LogP contribution in [0.3, 0.4) is 0 Å². The van der Waals surface area contributed by atoms with E-state index >= 15 is 0 Å². The summed E-state index contributed by atoms with van der Waals surface area (Å²) in [4.78, 5) is 36.2. The summed E-state index contributed by atoms with van der Waals surface area (Å²) >= 11 is 3.98. The van der Waals surface area contributed by atoms with Crippen molar-refractivity contribution in [1.82, 2.24) is 0 Å². The van der Waals surface area contributed by atoms with Gasteiger partial charge in [0.15, 0.2) is 6.61 Å². The van der Waals surface area contributed by atoms with Crippen LogP contribution in [0.1, 0.15) is 13.3 Å². The third kappa shape index (κ3) is 3.70. The van der Waals surface area contributed by atoms with Crippen molar-refractivity contribution in [3.63, 3.8) is 0 Å². The van der Waals surface area contributed by atoms with E-state index in [9.17, 15) is 22.8 Å². The van der Waals surface area contributed by atoms with Crippen molar-refractivity contribution in [2.45, 2.75) is 34.2 Å². The molecule has 1 heterocycles. The Morgan fingerprint density at radius 2 is 1.93 bits per heavy atom. The second-order valence-corrected chi connectivity index (χ2v) is 11.9. The van der Waals surface area contributed by atoms with Crippen molar-refractivity contribution in [3.8, 4) is 0 Å². The van der Waals surface area contributed by atoms with E-state index in [0.29, 0.717) is 10.8 Å². The number of alkyl halides is 2. The Morgan fingerprint density at radius 1 is 1.26 bits per heavy atom. The molecule has 3 fully saturated rings. The zero-order chi connectivity index (χ0) is 20.1. The van der Waals surface area contributed by atoms with Crippen molar-refractivity contribution in [2.75, 3.05) is 18.1 Å². The van der Waals surface area contributed by atoms with Gasteiger partial charge in [0.25, 0.3) is 10.1 Å². The maximum atomic E-state index is 12.3. The first kappa shape index (κ1) is 21.5. The Hall–Kier alpha value is -0.220. The van der Waals surface area contributed by atoms with E-state index < -0.39 is 73.3 Å². The lowest BCUT2D eigenvalue weighted by Crippen LogP contribution is -2.46. The largest absolute Gasteiger partial charge is 0.469 e. The molecular formula is C15H18I2O9S. The summed E-state index contributed by atoms with van der Waals surface area (Å²) in [5, 5.41) is -0.962. The molecule has 2 bridgehead atoms. The number of fused-ring (bicyclic) bond motifs is 1. The average Bonchev–Trinajstić information content (AvgIpc) is 3.21. The molecular weight excluding hydrogens is 610 g/mol. The SMILES string of the molecule is COC(=O)C1C2CC3C(OS(=O)(=O)C31)C2OC(=O)COC(=O)C(C)(I)CI. The van der Waals surface area contributed by atoms with E-state index in [1.54, 1.807) is 6.92 Å². The molecule has 0 amide bonds. The van der Waals surface area contributed by atoms with Crippen LogP contribution in [-0.2, 0) is 42.9 Å². The van der Waals surface area contributed by atoms with Gasteiger partial charge in [-0.3, -0.25) is 13.8 Å². The van der Waals surface area contributed by atoms with Crippen LogP contribution in [0.5, 0.6) is 0 Å². The standard InChI is InChI=1S/C15H18I2O9S/c1-15(17,5-16)14(20)24-4-8(18)25-10-6-3-7-11(10)26-27(21,22)12(7)9(6)13(19)23-2/h6-7,9-12H,3-5H2,1-2H3. The van der Waals surface area contributed by atoms with Crippen molar-refractivity contribution < 1.29 is 41.2 Å². The maximum Gasteiger partial charge on any atom is 0.344 e. The summed E-state index contributed by atoms with van der Waals surface area (Å²) in [6, 6.07) is 0. The lowest BCUT2D eigenvalue weighted by Gasteiger charge is -2.29. The zero-order valence-corrected chi connectivity index (χ0v) is 19.6. The van der Waals surface area contributed by atoms with Gasteiger partial charge in [0, 0.05) is 16.3 Å². The van der Waals surface area contributed by atoms with Crippen molar-refractivity contribution >= 4 is 73.2 Å². The molecule has 3 rings (SSSR count). The summed E-state index contributed by atoms with van der Waals surface area (Å²) < 4.78 is 44.5. The van der Waals surface area contributed by atoms with Crippen molar-refractivity contribution in [2.24, 2.45) is 17.8 Å². The lowest BCUT2D eigenvalue weighted by molar-refractivity contribution is -0.170. The number of hydrogen-bond donors (Lipinski definition) is 0. The molecule has 0 radical (unpaired) electrons. The minimum Gasteiger partial charge on any atom is -0.469 e. The normalized spacial score (nSPS) is 37.5. The third-order valence-corrected chi connectivity index (χ3v) is 10.9. The van der Waals surface area contributed by atoms with Gasteiger partial charge in [0.2, 0.25) is 0 Å². The molecule has 7 atom stereocenters. The zero-order valence-electron chi connectivity index (χ0n) is 14.4. The van der Waals surface area contributed by atoms with Crippen LogP contribution < -0.4 is 0 Å². The molecule has 2 aliphatic carbocycles. The highest BCUT2D eigenvalue weighted by Crippen LogP contribution is 2.58. The first-order chi connectivity index (χ1) is 12.5. The number of carbonyl (C=O) groups is 3. The highest BCUT2D eigenvalue weighted by molar-refractivity contribution is 14.1. The number of halogens is 2. The first-order valence-electron chi connectivity index (χ1n) is 8.15. The Balaban J connectivity index is 1.69. The average molecular weight is 628 g/mol. The van der Waals surface area contributed by atoms with Crippen LogP contribution >= 0.6 is 45.2 Å². The van der Waals surface area contributed by atoms with Crippen LogP contribution in [0.4, 0.5) is 0 Å². The molecule has 0 aromatic carbocycles. The molecule has 0 aromatic rings. The van der Waals surface area contributed by atoms with E-state index in [4.69, 9.17) is 18.4 Å². The van der Waals surface area contributed by atoms with Crippen LogP contribution in [0.15, 0.2) is 0 Å². The molecule has 9 nitrogen and oxygen atoms in total. The van der Waals surface area contributed by atoms with Crippen LogP contribution in [0, 0.1) is 17.8 Å². The number of carbonyl (C=O) groups excluding carboxylic acids is 3. The van der Waals surface area contributed by atoms with Gasteiger partial charge in [-0.25, -0.2) is 4.79 Å². The van der Waals surface area contributed by atoms with Gasteiger partial charge in [-0.2, -0.15) is 8.42 Å². The fourth-order valence-corrected chi connectivity index (χ4v) is 6.63. The smallest absolute Gasteiger partial charge is 0.344 e.